The highest BCUT2D eigenvalue weighted by atomic mass is 16.6. The molecule has 0 aliphatic carbocycles. The van der Waals surface area contributed by atoms with E-state index in [1.54, 1.807) is 18.2 Å². The lowest BCUT2D eigenvalue weighted by atomic mass is 10.1. The predicted octanol–water partition coefficient (Wildman–Crippen LogP) is 13.4. The number of aldehydes is 1. The summed E-state index contributed by atoms with van der Waals surface area (Å²) in [5.74, 6) is -0.597. The van der Waals surface area contributed by atoms with Gasteiger partial charge in [0.05, 0.1) is 5.56 Å². The molecule has 0 N–H and O–H groups in total. The Morgan fingerprint density at radius 2 is 0.875 bits per heavy atom. The molecule has 0 saturated carbocycles. The number of ether oxygens (including phenoxy) is 2. The van der Waals surface area contributed by atoms with Crippen LogP contribution in [0, 0.1) is 0 Å². The number of esters is 2. The van der Waals surface area contributed by atoms with Gasteiger partial charge < -0.3 is 9.47 Å². The molecule has 0 aliphatic heterocycles. The average molecular weight is 667 g/mol. The number of hydrogen-bond donors (Lipinski definition) is 0. The molecule has 0 amide bonds. The van der Waals surface area contributed by atoms with Crippen LogP contribution in [0.15, 0.2) is 42.5 Å². The van der Waals surface area contributed by atoms with E-state index in [9.17, 15) is 14.4 Å². The highest BCUT2D eigenvalue weighted by molar-refractivity contribution is 5.85. The SMILES string of the molecule is CCCCCCCCC=CCCCCCCCC(=O)Oc1cccc(C=O)c1OC(=O)CCCCCCCC=CCCCCCCCC. The minimum Gasteiger partial charge on any atom is -0.422 e. The smallest absolute Gasteiger partial charge is 0.311 e. The average Bonchev–Trinajstić information content (AvgIpc) is 3.09. The topological polar surface area (TPSA) is 69.7 Å². The van der Waals surface area contributed by atoms with Gasteiger partial charge in [-0.1, -0.05) is 147 Å². The molecule has 48 heavy (non-hydrogen) atoms. The summed E-state index contributed by atoms with van der Waals surface area (Å²) in [5, 5.41) is 0. The zero-order valence-electron chi connectivity index (χ0n) is 31.0. The molecule has 0 aromatic heterocycles. The number of carbonyl (C=O) groups is 3. The van der Waals surface area contributed by atoms with Gasteiger partial charge in [-0.25, -0.2) is 0 Å². The molecule has 0 saturated heterocycles. The number of allylic oxidation sites excluding steroid dienone is 4. The van der Waals surface area contributed by atoms with Crippen molar-refractivity contribution in [2.24, 2.45) is 0 Å². The Kier molecular flexibility index (Phi) is 29.6. The van der Waals surface area contributed by atoms with Gasteiger partial charge in [-0.15, -0.1) is 0 Å². The first-order valence-electron chi connectivity index (χ1n) is 19.9. The quantitative estimate of drug-likeness (QED) is 0.0245. The molecule has 1 rings (SSSR count). The van der Waals surface area contributed by atoms with Crippen molar-refractivity contribution in [1.29, 1.82) is 0 Å². The fraction of sp³-hybridized carbons (Fsp3) is 0.698. The summed E-state index contributed by atoms with van der Waals surface area (Å²) in [4.78, 5) is 36.8. The van der Waals surface area contributed by atoms with Crippen LogP contribution >= 0.6 is 0 Å². The van der Waals surface area contributed by atoms with E-state index >= 15 is 0 Å². The predicted molar refractivity (Wildman–Crippen MR) is 202 cm³/mol. The third-order valence-corrected chi connectivity index (χ3v) is 8.86. The van der Waals surface area contributed by atoms with Gasteiger partial charge in [0.2, 0.25) is 0 Å². The Bertz CT molecular complexity index is 995. The van der Waals surface area contributed by atoms with Gasteiger partial charge in [0, 0.05) is 12.8 Å². The van der Waals surface area contributed by atoms with Crippen LogP contribution in [0.3, 0.4) is 0 Å². The maximum atomic E-state index is 12.6. The first-order chi connectivity index (χ1) is 23.6. The molecule has 0 atom stereocenters. The molecule has 1 aromatic carbocycles. The lowest BCUT2D eigenvalue weighted by Crippen LogP contribution is -2.13. The first kappa shape index (κ1) is 43.3. The Balaban J connectivity index is 2.18. The molecular weight excluding hydrogens is 596 g/mol. The second-order valence-electron chi connectivity index (χ2n) is 13.4. The Morgan fingerprint density at radius 3 is 1.29 bits per heavy atom. The van der Waals surface area contributed by atoms with Gasteiger partial charge in [-0.2, -0.15) is 0 Å². The first-order valence-corrected chi connectivity index (χ1v) is 19.9. The van der Waals surface area contributed by atoms with E-state index in [0.29, 0.717) is 12.7 Å². The fourth-order valence-corrected chi connectivity index (χ4v) is 5.83. The number of carbonyl (C=O) groups excluding carboxylic acids is 3. The van der Waals surface area contributed by atoms with Gasteiger partial charge >= 0.3 is 11.9 Å². The standard InChI is InChI=1S/C43H70O5/c1-3-5-7-9-11-13-15-17-19-21-23-25-27-29-31-36-41(45)47-40-35-33-34-39(38-44)43(40)48-42(46)37-32-30-28-26-24-22-20-18-16-14-12-10-8-6-4-2/h17-20,33-35,38H,3-16,21-32,36-37H2,1-2H3. The molecule has 0 radical (unpaired) electrons. The molecule has 1 aromatic rings. The highest BCUT2D eigenvalue weighted by Crippen LogP contribution is 2.31. The molecule has 5 heteroatoms. The van der Waals surface area contributed by atoms with E-state index in [0.717, 1.165) is 64.2 Å². The van der Waals surface area contributed by atoms with Crippen molar-refractivity contribution in [2.75, 3.05) is 0 Å². The van der Waals surface area contributed by atoms with Crippen LogP contribution in [0.5, 0.6) is 11.5 Å². The number of para-hydroxylation sites is 1. The molecule has 0 unspecified atom stereocenters. The summed E-state index contributed by atoms with van der Waals surface area (Å²) in [6, 6.07) is 4.78. The van der Waals surface area contributed by atoms with Gasteiger partial charge in [0.1, 0.15) is 0 Å². The van der Waals surface area contributed by atoms with Crippen LogP contribution in [0.25, 0.3) is 0 Å². The van der Waals surface area contributed by atoms with Crippen molar-refractivity contribution in [2.45, 2.75) is 194 Å². The van der Waals surface area contributed by atoms with E-state index < -0.39 is 5.97 Å². The third kappa shape index (κ3) is 25.3. The summed E-state index contributed by atoms with van der Waals surface area (Å²) in [7, 11) is 0. The van der Waals surface area contributed by atoms with Crippen LogP contribution in [-0.2, 0) is 9.59 Å². The summed E-state index contributed by atoms with van der Waals surface area (Å²) in [6.07, 6.45) is 41.5. The Hall–Kier alpha value is -2.69. The van der Waals surface area contributed by atoms with E-state index in [2.05, 4.69) is 38.2 Å². The summed E-state index contributed by atoms with van der Waals surface area (Å²) in [5.41, 5.74) is 0.208. The molecule has 272 valence electrons. The van der Waals surface area contributed by atoms with E-state index in [-0.39, 0.29) is 29.5 Å². The highest BCUT2D eigenvalue weighted by Gasteiger charge is 2.17. The minimum atomic E-state index is -0.406. The molecular formula is C43H70O5. The maximum absolute atomic E-state index is 12.6. The number of unbranched alkanes of at least 4 members (excludes halogenated alkanes) is 22. The summed E-state index contributed by atoms with van der Waals surface area (Å²) < 4.78 is 11.1. The van der Waals surface area contributed by atoms with Gasteiger partial charge in [-0.3, -0.25) is 14.4 Å². The van der Waals surface area contributed by atoms with Gasteiger partial charge in [-0.05, 0) is 76.3 Å². The Labute approximate surface area is 294 Å². The Morgan fingerprint density at radius 1 is 0.500 bits per heavy atom. The third-order valence-electron chi connectivity index (χ3n) is 8.86. The van der Waals surface area contributed by atoms with Crippen LogP contribution in [0.4, 0.5) is 0 Å². The van der Waals surface area contributed by atoms with Crippen molar-refractivity contribution >= 4 is 18.2 Å². The molecule has 0 bridgehead atoms. The van der Waals surface area contributed by atoms with E-state index in [1.165, 1.54) is 103 Å². The van der Waals surface area contributed by atoms with Crippen LogP contribution < -0.4 is 9.47 Å². The van der Waals surface area contributed by atoms with Gasteiger partial charge in [0.25, 0.3) is 0 Å². The second-order valence-corrected chi connectivity index (χ2v) is 13.4. The zero-order valence-corrected chi connectivity index (χ0v) is 31.0. The van der Waals surface area contributed by atoms with Crippen molar-refractivity contribution in [3.8, 4) is 11.5 Å². The van der Waals surface area contributed by atoms with Crippen LogP contribution in [0.2, 0.25) is 0 Å². The van der Waals surface area contributed by atoms with Crippen molar-refractivity contribution in [3.05, 3.63) is 48.1 Å². The number of benzene rings is 1. The molecule has 0 fully saturated rings. The largest absolute Gasteiger partial charge is 0.422 e. The van der Waals surface area contributed by atoms with Crippen molar-refractivity contribution in [3.63, 3.8) is 0 Å². The maximum Gasteiger partial charge on any atom is 0.311 e. The molecule has 0 heterocycles. The molecule has 0 spiro atoms. The van der Waals surface area contributed by atoms with Crippen LogP contribution in [-0.4, -0.2) is 18.2 Å². The minimum absolute atomic E-state index is 0.0446. The zero-order chi connectivity index (χ0) is 34.8. The van der Waals surface area contributed by atoms with E-state index in [1.807, 2.05) is 0 Å². The number of hydrogen-bond acceptors (Lipinski definition) is 5. The summed E-state index contributed by atoms with van der Waals surface area (Å²) in [6.45, 7) is 4.51. The summed E-state index contributed by atoms with van der Waals surface area (Å²) >= 11 is 0. The fourth-order valence-electron chi connectivity index (χ4n) is 5.83. The van der Waals surface area contributed by atoms with Crippen LogP contribution in [0.1, 0.15) is 204 Å². The molecule has 5 nitrogen and oxygen atoms in total. The monoisotopic (exact) mass is 667 g/mol. The van der Waals surface area contributed by atoms with Crippen molar-refractivity contribution < 1.29 is 23.9 Å². The second kappa shape index (κ2) is 32.8. The van der Waals surface area contributed by atoms with E-state index in [4.69, 9.17) is 9.47 Å². The lowest BCUT2D eigenvalue weighted by Gasteiger charge is -2.12. The van der Waals surface area contributed by atoms with Crippen molar-refractivity contribution in [1.82, 2.24) is 0 Å². The number of rotatable bonds is 33. The van der Waals surface area contributed by atoms with Gasteiger partial charge in [0.15, 0.2) is 17.8 Å². The lowest BCUT2D eigenvalue weighted by molar-refractivity contribution is -0.137. The molecule has 0 aliphatic rings. The normalized spacial score (nSPS) is 11.5.